The molecule has 0 bridgehead atoms. The van der Waals surface area contributed by atoms with Gasteiger partial charge in [0.15, 0.2) is 0 Å². The van der Waals surface area contributed by atoms with Crippen molar-refractivity contribution in [1.29, 1.82) is 0 Å². The normalized spacial score (nSPS) is 38.5. The third kappa shape index (κ3) is 4.42. The molecule has 0 aromatic heterocycles. The number of carbonyl (C=O) groups is 2. The predicted molar refractivity (Wildman–Crippen MR) is 137 cm³/mol. The maximum Gasteiger partial charge on any atom is 0.330 e. The fourth-order valence-corrected chi connectivity index (χ4v) is 8.44. The molecule has 0 amide bonds. The molecule has 0 spiro atoms. The van der Waals surface area contributed by atoms with Crippen LogP contribution in [0.2, 0.25) is 0 Å². The van der Waals surface area contributed by atoms with Gasteiger partial charge in [0.25, 0.3) is 0 Å². The van der Waals surface area contributed by atoms with Gasteiger partial charge in [0.1, 0.15) is 0 Å². The van der Waals surface area contributed by atoms with Crippen molar-refractivity contribution in [3.63, 3.8) is 0 Å². The van der Waals surface area contributed by atoms with Gasteiger partial charge >= 0.3 is 11.9 Å². The minimum atomic E-state index is -0.825. The average Bonchev–Trinajstić information content (AvgIpc) is 3.03. The molecule has 2 N–H and O–H groups in total. The lowest BCUT2D eigenvalue weighted by atomic mass is 9.44. The first-order valence-corrected chi connectivity index (χ1v) is 13.3. The molecule has 0 saturated heterocycles. The second-order valence-electron chi connectivity index (χ2n) is 12.4. The monoisotopic (exact) mass is 470 g/mol. The summed E-state index contributed by atoms with van der Waals surface area (Å²) < 4.78 is 0. The number of fused-ring (bicyclic) bond motifs is 3. The summed E-state index contributed by atoms with van der Waals surface area (Å²) in [4.78, 5) is 22.7. The second-order valence-corrected chi connectivity index (χ2v) is 12.4. The summed E-state index contributed by atoms with van der Waals surface area (Å²) in [6.45, 7) is 17.8. The van der Waals surface area contributed by atoms with Gasteiger partial charge in [-0.2, -0.15) is 0 Å². The zero-order valence-electron chi connectivity index (χ0n) is 22.2. The SMILES string of the molecule is C=C(C)[C@@H]1CC[C@H]2C(=CC[C@]3(C)[C@@H]([C@H](C)CC/C=C(/C)C(=O)O)CC[C@@]23C)[C@@]1(C)CCC(=O)O. The molecule has 0 unspecified atom stereocenters. The summed E-state index contributed by atoms with van der Waals surface area (Å²) in [5.74, 6) is 0.491. The van der Waals surface area contributed by atoms with E-state index in [4.69, 9.17) is 5.11 Å². The highest BCUT2D eigenvalue weighted by Gasteiger charge is 2.63. The predicted octanol–water partition coefficient (Wildman–Crippen LogP) is 7.66. The van der Waals surface area contributed by atoms with Crippen LogP contribution in [0.5, 0.6) is 0 Å². The van der Waals surface area contributed by atoms with Gasteiger partial charge in [-0.1, -0.05) is 57.6 Å². The Hall–Kier alpha value is -1.84. The van der Waals surface area contributed by atoms with Crippen LogP contribution < -0.4 is 0 Å². The molecule has 4 heteroatoms. The number of rotatable bonds is 9. The third-order valence-electron chi connectivity index (χ3n) is 10.7. The fourth-order valence-electron chi connectivity index (χ4n) is 8.44. The number of carboxylic acids is 2. The van der Waals surface area contributed by atoms with Crippen LogP contribution in [0.25, 0.3) is 0 Å². The molecule has 190 valence electrons. The van der Waals surface area contributed by atoms with Crippen LogP contribution >= 0.6 is 0 Å². The van der Waals surface area contributed by atoms with Crippen molar-refractivity contribution in [2.45, 2.75) is 99.3 Å². The number of allylic oxidation sites excluding steroid dienone is 4. The van der Waals surface area contributed by atoms with Crippen molar-refractivity contribution in [2.24, 2.45) is 39.9 Å². The number of carboxylic acid groups (broad SMARTS) is 2. The Bertz CT molecular complexity index is 897. The Morgan fingerprint density at radius 2 is 1.82 bits per heavy atom. The summed E-state index contributed by atoms with van der Waals surface area (Å²) in [7, 11) is 0. The van der Waals surface area contributed by atoms with E-state index in [1.165, 1.54) is 30.4 Å². The van der Waals surface area contributed by atoms with Crippen LogP contribution in [-0.4, -0.2) is 22.2 Å². The zero-order valence-corrected chi connectivity index (χ0v) is 22.2. The highest BCUT2D eigenvalue weighted by molar-refractivity contribution is 5.85. The Morgan fingerprint density at radius 3 is 2.41 bits per heavy atom. The van der Waals surface area contributed by atoms with Gasteiger partial charge in [-0.05, 0) is 105 Å². The maximum absolute atomic E-state index is 11.5. The molecule has 0 aliphatic heterocycles. The molecule has 3 aliphatic rings. The molecule has 0 aromatic carbocycles. The van der Waals surface area contributed by atoms with E-state index in [-0.39, 0.29) is 22.7 Å². The van der Waals surface area contributed by atoms with Crippen molar-refractivity contribution in [3.8, 4) is 0 Å². The molecular formula is C30H46O4. The highest BCUT2D eigenvalue weighted by atomic mass is 16.4. The van der Waals surface area contributed by atoms with Gasteiger partial charge in [0, 0.05) is 12.0 Å². The van der Waals surface area contributed by atoms with Crippen LogP contribution in [0.4, 0.5) is 0 Å². The van der Waals surface area contributed by atoms with Gasteiger partial charge in [-0.3, -0.25) is 4.79 Å². The van der Waals surface area contributed by atoms with Gasteiger partial charge < -0.3 is 10.2 Å². The molecule has 2 fully saturated rings. The van der Waals surface area contributed by atoms with Crippen LogP contribution in [0.1, 0.15) is 99.3 Å². The van der Waals surface area contributed by atoms with E-state index >= 15 is 0 Å². The van der Waals surface area contributed by atoms with Crippen molar-refractivity contribution >= 4 is 11.9 Å². The molecule has 7 atom stereocenters. The van der Waals surface area contributed by atoms with Gasteiger partial charge in [0.2, 0.25) is 0 Å². The molecule has 0 radical (unpaired) electrons. The van der Waals surface area contributed by atoms with E-state index in [9.17, 15) is 14.7 Å². The van der Waals surface area contributed by atoms with Gasteiger partial charge in [0.05, 0.1) is 0 Å². The summed E-state index contributed by atoms with van der Waals surface area (Å²) >= 11 is 0. The first kappa shape index (κ1) is 26.8. The first-order chi connectivity index (χ1) is 15.8. The van der Waals surface area contributed by atoms with Gasteiger partial charge in [-0.25, -0.2) is 4.79 Å². The smallest absolute Gasteiger partial charge is 0.330 e. The van der Waals surface area contributed by atoms with Crippen molar-refractivity contribution in [3.05, 3.63) is 35.5 Å². The average molecular weight is 471 g/mol. The first-order valence-electron chi connectivity index (χ1n) is 13.3. The van der Waals surface area contributed by atoms with Crippen LogP contribution in [-0.2, 0) is 9.59 Å². The fraction of sp³-hybridized carbons (Fsp3) is 0.733. The minimum Gasteiger partial charge on any atom is -0.481 e. The minimum absolute atomic E-state index is 0.125. The Labute approximate surface area is 206 Å². The van der Waals surface area contributed by atoms with Crippen molar-refractivity contribution < 1.29 is 19.8 Å². The molecule has 2 saturated carbocycles. The molecule has 0 heterocycles. The highest BCUT2D eigenvalue weighted by Crippen LogP contribution is 2.71. The zero-order chi connectivity index (χ0) is 25.5. The van der Waals surface area contributed by atoms with E-state index in [0.717, 1.165) is 25.7 Å². The molecule has 0 aromatic rings. The van der Waals surface area contributed by atoms with E-state index in [1.807, 2.05) is 6.08 Å². The Balaban J connectivity index is 1.89. The summed E-state index contributed by atoms with van der Waals surface area (Å²) in [6, 6.07) is 0. The molecule has 3 aliphatic carbocycles. The number of hydrogen-bond donors (Lipinski definition) is 2. The quantitative estimate of drug-likeness (QED) is 0.268. The van der Waals surface area contributed by atoms with Crippen LogP contribution in [0, 0.1) is 39.9 Å². The Morgan fingerprint density at radius 1 is 1.15 bits per heavy atom. The van der Waals surface area contributed by atoms with E-state index < -0.39 is 11.9 Å². The largest absolute Gasteiger partial charge is 0.481 e. The van der Waals surface area contributed by atoms with E-state index in [1.54, 1.807) is 6.92 Å². The third-order valence-corrected chi connectivity index (χ3v) is 10.7. The lowest BCUT2D eigenvalue weighted by Gasteiger charge is -2.60. The molecular weight excluding hydrogens is 424 g/mol. The standard InChI is InChI=1S/C30H46O4/c1-19(2)22-11-12-25-24(28(22,5)16-15-26(31)32)14-18-29(6)23(13-17-30(25,29)7)20(3)9-8-10-21(4)27(33)34/h10,14,20,22-23,25H,1,8-9,11-13,15-18H2,2-7H3,(H,31,32)(H,33,34)/b21-10-/t20-,22+,23-,25+,28+,29-,30+/m1/s1. The number of hydrogen-bond acceptors (Lipinski definition) is 2. The summed E-state index contributed by atoms with van der Waals surface area (Å²) in [6.07, 6.45) is 12.9. The Kier molecular flexibility index (Phi) is 7.60. The van der Waals surface area contributed by atoms with Crippen LogP contribution in [0.15, 0.2) is 35.5 Å². The molecule has 34 heavy (non-hydrogen) atoms. The van der Waals surface area contributed by atoms with E-state index in [0.29, 0.717) is 35.7 Å². The van der Waals surface area contributed by atoms with Crippen molar-refractivity contribution in [1.82, 2.24) is 0 Å². The second kappa shape index (κ2) is 9.66. The lowest BCUT2D eigenvalue weighted by molar-refractivity contribution is -0.138. The van der Waals surface area contributed by atoms with E-state index in [2.05, 4.69) is 47.3 Å². The number of aliphatic carboxylic acids is 2. The van der Waals surface area contributed by atoms with Gasteiger partial charge in [-0.15, -0.1) is 0 Å². The van der Waals surface area contributed by atoms with Crippen LogP contribution in [0.3, 0.4) is 0 Å². The lowest BCUT2D eigenvalue weighted by Crippen LogP contribution is -2.52. The summed E-state index contributed by atoms with van der Waals surface area (Å²) in [5.41, 5.74) is 3.45. The molecule has 4 nitrogen and oxygen atoms in total. The topological polar surface area (TPSA) is 74.6 Å². The molecule has 3 rings (SSSR count). The maximum atomic E-state index is 11.5. The summed E-state index contributed by atoms with van der Waals surface area (Å²) in [5, 5.41) is 18.6. The van der Waals surface area contributed by atoms with Crippen molar-refractivity contribution in [2.75, 3.05) is 0 Å².